The van der Waals surface area contributed by atoms with E-state index in [1.165, 1.54) is 18.2 Å². The van der Waals surface area contributed by atoms with E-state index in [0.717, 1.165) is 10.0 Å². The predicted molar refractivity (Wildman–Crippen MR) is 101 cm³/mol. The molecule has 130 valence electrons. The second-order valence-corrected chi connectivity index (χ2v) is 6.06. The number of hydrogen-bond donors (Lipinski definition) is 1. The van der Waals surface area contributed by atoms with Crippen LogP contribution in [0.3, 0.4) is 0 Å². The number of amides is 1. The fourth-order valence-corrected chi connectivity index (χ4v) is 2.61. The van der Waals surface area contributed by atoms with Crippen molar-refractivity contribution in [1.29, 1.82) is 0 Å². The number of anilines is 1. The van der Waals surface area contributed by atoms with Gasteiger partial charge in [0, 0.05) is 22.2 Å². The maximum Gasteiger partial charge on any atom is 0.274 e. The van der Waals surface area contributed by atoms with Crippen molar-refractivity contribution < 1.29 is 14.5 Å². The van der Waals surface area contributed by atoms with Crippen LogP contribution in [0, 0.1) is 17.0 Å². The number of carbonyl (C=O) groups is 1. The van der Waals surface area contributed by atoms with Gasteiger partial charge in [-0.15, -0.1) is 0 Å². The molecule has 0 spiro atoms. The number of nitro groups is 1. The molecule has 0 radical (unpaired) electrons. The van der Waals surface area contributed by atoms with E-state index in [4.69, 9.17) is 4.74 Å². The number of nitrogens with zero attached hydrogens (tertiary/aromatic N) is 1. The van der Waals surface area contributed by atoms with Crippen LogP contribution in [-0.2, 0) is 4.79 Å². The molecule has 0 aliphatic carbocycles. The fourth-order valence-electron chi connectivity index (χ4n) is 2.23. The Labute approximate surface area is 153 Å². The molecule has 6 nitrogen and oxygen atoms in total. The van der Waals surface area contributed by atoms with E-state index in [9.17, 15) is 14.9 Å². The molecule has 0 aliphatic heterocycles. The van der Waals surface area contributed by atoms with Crippen LogP contribution in [0.2, 0.25) is 0 Å². The lowest BCUT2D eigenvalue weighted by Gasteiger charge is -2.08. The largest absolute Gasteiger partial charge is 0.493 e. The van der Waals surface area contributed by atoms with Gasteiger partial charge in [-0.1, -0.05) is 22.0 Å². The number of rotatable bonds is 6. The van der Waals surface area contributed by atoms with E-state index in [2.05, 4.69) is 21.2 Å². The molecule has 0 aliphatic rings. The van der Waals surface area contributed by atoms with E-state index in [1.54, 1.807) is 19.1 Å². The minimum absolute atomic E-state index is 0.0348. The van der Waals surface area contributed by atoms with Crippen LogP contribution in [-0.4, -0.2) is 17.4 Å². The zero-order valence-corrected chi connectivity index (χ0v) is 15.4. The third-order valence-electron chi connectivity index (χ3n) is 3.45. The molecule has 0 unspecified atom stereocenters. The quantitative estimate of drug-likeness (QED) is 0.429. The SMILES string of the molecule is CCOc1ccc(Br)cc1/C=C/C(=O)Nc1cccc([N+](=O)[O-])c1C. The van der Waals surface area contributed by atoms with Crippen molar-refractivity contribution in [3.8, 4) is 5.75 Å². The van der Waals surface area contributed by atoms with E-state index in [1.807, 2.05) is 25.1 Å². The molecule has 2 aromatic rings. The summed E-state index contributed by atoms with van der Waals surface area (Å²) in [4.78, 5) is 22.6. The molecule has 25 heavy (non-hydrogen) atoms. The van der Waals surface area contributed by atoms with E-state index in [0.29, 0.717) is 23.6 Å². The van der Waals surface area contributed by atoms with E-state index < -0.39 is 4.92 Å². The highest BCUT2D eigenvalue weighted by Gasteiger charge is 2.14. The Morgan fingerprint density at radius 2 is 2.12 bits per heavy atom. The van der Waals surface area contributed by atoms with E-state index in [-0.39, 0.29) is 11.6 Å². The van der Waals surface area contributed by atoms with Gasteiger partial charge in [0.25, 0.3) is 5.69 Å². The lowest BCUT2D eigenvalue weighted by molar-refractivity contribution is -0.385. The Hall–Kier alpha value is -2.67. The number of carbonyl (C=O) groups excluding carboxylic acids is 1. The highest BCUT2D eigenvalue weighted by molar-refractivity contribution is 9.10. The van der Waals surface area contributed by atoms with Gasteiger partial charge >= 0.3 is 0 Å². The Balaban J connectivity index is 2.18. The van der Waals surface area contributed by atoms with Crippen molar-refractivity contribution in [2.45, 2.75) is 13.8 Å². The summed E-state index contributed by atoms with van der Waals surface area (Å²) >= 11 is 3.39. The van der Waals surface area contributed by atoms with Gasteiger partial charge in [-0.05, 0) is 44.2 Å². The van der Waals surface area contributed by atoms with Gasteiger partial charge in [-0.2, -0.15) is 0 Å². The Bertz CT molecular complexity index is 834. The van der Waals surface area contributed by atoms with Gasteiger partial charge in [-0.3, -0.25) is 14.9 Å². The summed E-state index contributed by atoms with van der Waals surface area (Å²) in [5.74, 6) is 0.285. The Morgan fingerprint density at radius 3 is 2.80 bits per heavy atom. The predicted octanol–water partition coefficient (Wildman–Crippen LogP) is 4.72. The fraction of sp³-hybridized carbons (Fsp3) is 0.167. The summed E-state index contributed by atoms with van der Waals surface area (Å²) in [5, 5.41) is 13.6. The molecule has 1 N–H and O–H groups in total. The Morgan fingerprint density at radius 1 is 1.36 bits per heavy atom. The molecule has 2 rings (SSSR count). The van der Waals surface area contributed by atoms with Gasteiger partial charge in [0.05, 0.1) is 22.8 Å². The summed E-state index contributed by atoms with van der Waals surface area (Å²) in [6, 6.07) is 10.1. The average Bonchev–Trinajstić information content (AvgIpc) is 2.57. The number of benzene rings is 2. The van der Waals surface area contributed by atoms with Crippen LogP contribution in [0.1, 0.15) is 18.1 Å². The Kier molecular flexibility index (Phi) is 6.30. The smallest absolute Gasteiger partial charge is 0.274 e. The molecule has 7 heteroatoms. The van der Waals surface area contributed by atoms with Crippen molar-refractivity contribution in [3.63, 3.8) is 0 Å². The second kappa shape index (κ2) is 8.43. The van der Waals surface area contributed by atoms with Crippen LogP contribution in [0.15, 0.2) is 46.9 Å². The highest BCUT2D eigenvalue weighted by atomic mass is 79.9. The molecular weight excluding hydrogens is 388 g/mol. The van der Waals surface area contributed by atoms with Crippen molar-refractivity contribution in [3.05, 3.63) is 68.2 Å². The maximum absolute atomic E-state index is 12.2. The molecule has 0 saturated heterocycles. The van der Waals surface area contributed by atoms with Gasteiger partial charge in [0.2, 0.25) is 5.91 Å². The summed E-state index contributed by atoms with van der Waals surface area (Å²) in [6.45, 7) is 3.99. The van der Waals surface area contributed by atoms with Crippen molar-refractivity contribution >= 4 is 39.3 Å². The lowest BCUT2D eigenvalue weighted by Crippen LogP contribution is -2.09. The third kappa shape index (κ3) is 4.90. The molecule has 2 aromatic carbocycles. The highest BCUT2D eigenvalue weighted by Crippen LogP contribution is 2.26. The van der Waals surface area contributed by atoms with Crippen molar-refractivity contribution in [2.24, 2.45) is 0 Å². The van der Waals surface area contributed by atoms with Gasteiger partial charge in [0.1, 0.15) is 5.75 Å². The molecule has 1 amide bonds. The minimum Gasteiger partial charge on any atom is -0.493 e. The van der Waals surface area contributed by atoms with Crippen LogP contribution in [0.25, 0.3) is 6.08 Å². The van der Waals surface area contributed by atoms with Crippen LogP contribution in [0.5, 0.6) is 5.75 Å². The van der Waals surface area contributed by atoms with Crippen LogP contribution >= 0.6 is 15.9 Å². The first kappa shape index (κ1) is 18.7. The number of ether oxygens (including phenoxy) is 1. The first-order valence-corrected chi connectivity index (χ1v) is 8.37. The lowest BCUT2D eigenvalue weighted by atomic mass is 10.1. The maximum atomic E-state index is 12.2. The number of hydrogen-bond acceptors (Lipinski definition) is 4. The minimum atomic E-state index is -0.476. The van der Waals surface area contributed by atoms with Crippen LogP contribution < -0.4 is 10.1 Å². The summed E-state index contributed by atoms with van der Waals surface area (Å²) in [6.07, 6.45) is 3.00. The molecular formula is C18H17BrN2O4. The van der Waals surface area contributed by atoms with Gasteiger partial charge in [0.15, 0.2) is 0 Å². The molecule has 0 heterocycles. The average molecular weight is 405 g/mol. The van der Waals surface area contributed by atoms with Crippen molar-refractivity contribution in [2.75, 3.05) is 11.9 Å². The zero-order valence-electron chi connectivity index (χ0n) is 13.8. The molecule has 0 atom stereocenters. The molecule has 0 fully saturated rings. The summed E-state index contributed by atoms with van der Waals surface area (Å²) in [5.41, 5.74) is 1.53. The van der Waals surface area contributed by atoms with Crippen LogP contribution in [0.4, 0.5) is 11.4 Å². The zero-order chi connectivity index (χ0) is 18.4. The molecule has 0 saturated carbocycles. The third-order valence-corrected chi connectivity index (χ3v) is 3.94. The van der Waals surface area contributed by atoms with Crippen molar-refractivity contribution in [1.82, 2.24) is 0 Å². The number of halogens is 1. The molecule has 0 aromatic heterocycles. The van der Waals surface area contributed by atoms with Gasteiger partial charge < -0.3 is 10.1 Å². The number of nitrogens with one attached hydrogen (secondary N) is 1. The van der Waals surface area contributed by atoms with Gasteiger partial charge in [-0.25, -0.2) is 0 Å². The normalized spacial score (nSPS) is 10.7. The standard InChI is InChI=1S/C18H17BrN2O4/c1-3-25-17-9-8-14(19)11-13(17)7-10-18(22)20-15-5-4-6-16(12(15)2)21(23)24/h4-11H,3H2,1-2H3,(H,20,22)/b10-7+. The summed E-state index contributed by atoms with van der Waals surface area (Å²) in [7, 11) is 0. The first-order chi connectivity index (χ1) is 11.9. The number of nitro benzene ring substituents is 1. The summed E-state index contributed by atoms with van der Waals surface area (Å²) < 4.78 is 6.39. The monoisotopic (exact) mass is 404 g/mol. The molecule has 0 bridgehead atoms. The topological polar surface area (TPSA) is 81.5 Å². The second-order valence-electron chi connectivity index (χ2n) is 5.14. The van der Waals surface area contributed by atoms with E-state index >= 15 is 0 Å². The first-order valence-electron chi connectivity index (χ1n) is 7.57.